The number of allylic oxidation sites excluding steroid dienone is 1. The summed E-state index contributed by atoms with van der Waals surface area (Å²) in [5.74, 6) is 0.387. The molecule has 0 N–H and O–H groups in total. The molecule has 2 heterocycles. The molecule has 0 unspecified atom stereocenters. The van der Waals surface area contributed by atoms with Gasteiger partial charge in [-0.2, -0.15) is 5.10 Å². The third-order valence-electron chi connectivity index (χ3n) is 4.24. The predicted molar refractivity (Wildman–Crippen MR) is 123 cm³/mol. The van der Waals surface area contributed by atoms with Gasteiger partial charge in [-0.05, 0) is 48.9 Å². The van der Waals surface area contributed by atoms with Crippen LogP contribution in [0.4, 0.5) is 11.5 Å². The highest BCUT2D eigenvalue weighted by Gasteiger charge is 2.27. The van der Waals surface area contributed by atoms with Gasteiger partial charge in [-0.3, -0.25) is 0 Å². The van der Waals surface area contributed by atoms with Crippen molar-refractivity contribution in [3.05, 3.63) is 93.2 Å². The van der Waals surface area contributed by atoms with E-state index in [1.165, 1.54) is 6.20 Å². The van der Waals surface area contributed by atoms with Gasteiger partial charge in [-0.1, -0.05) is 65.1 Å². The number of halogens is 3. The zero-order chi connectivity index (χ0) is 20.4. The van der Waals surface area contributed by atoms with E-state index in [0.717, 1.165) is 22.7 Å². The Kier molecular flexibility index (Phi) is 5.67. The molecule has 0 saturated heterocycles. The Labute approximate surface area is 183 Å². The second-order valence-corrected chi connectivity index (χ2v) is 7.61. The van der Waals surface area contributed by atoms with E-state index in [4.69, 9.17) is 44.9 Å². The molecule has 7 heteroatoms. The number of hydrogen-bond donors (Lipinski definition) is 0. The fourth-order valence-electron chi connectivity index (χ4n) is 2.88. The first kappa shape index (κ1) is 19.6. The summed E-state index contributed by atoms with van der Waals surface area (Å²) >= 11 is 18.3. The molecule has 29 heavy (non-hydrogen) atoms. The molecule has 0 amide bonds. The van der Waals surface area contributed by atoms with E-state index in [0.29, 0.717) is 26.6 Å². The lowest BCUT2D eigenvalue weighted by atomic mass is 10.1. The number of aliphatic imine (C=N–C) groups is 1. The fraction of sp³-hybridized carbons (Fsp3) is 0.0455. The largest absolute Gasteiger partial charge is 0.234 e. The Morgan fingerprint density at radius 1 is 0.931 bits per heavy atom. The molecule has 1 aromatic heterocycles. The maximum Gasteiger partial charge on any atom is 0.171 e. The monoisotopic (exact) mass is 440 g/mol. The van der Waals surface area contributed by atoms with Crippen LogP contribution in [0.25, 0.3) is 6.08 Å². The third kappa shape index (κ3) is 4.35. The number of hydrazone groups is 1. The molecule has 2 aromatic carbocycles. The summed E-state index contributed by atoms with van der Waals surface area (Å²) in [5.41, 5.74) is 4.14. The van der Waals surface area contributed by atoms with Crippen LogP contribution in [-0.2, 0) is 0 Å². The minimum atomic E-state index is 0.377. The smallest absolute Gasteiger partial charge is 0.171 e. The number of nitrogens with zero attached hydrogens (tertiary/aromatic N) is 4. The molecule has 144 valence electrons. The maximum absolute atomic E-state index is 6.29. The van der Waals surface area contributed by atoms with Gasteiger partial charge in [0.15, 0.2) is 5.82 Å². The Bertz CT molecular complexity index is 1140. The molecule has 0 fully saturated rings. The lowest BCUT2D eigenvalue weighted by Gasteiger charge is -2.16. The zero-order valence-corrected chi connectivity index (χ0v) is 17.6. The normalized spacial score (nSPS) is 16.6. The SMILES string of the molecule is CC1=NN(c2ccccc2)C(=C\c2ccc(Cl)cc2)/C1=N/c1ncc(Cl)cc1Cl. The molecular formula is C22H15Cl3N4. The number of benzene rings is 2. The Hall–Kier alpha value is -2.66. The second kappa shape index (κ2) is 8.37. The molecule has 4 rings (SSSR count). The highest BCUT2D eigenvalue weighted by atomic mass is 35.5. The number of aromatic nitrogens is 1. The van der Waals surface area contributed by atoms with E-state index in [2.05, 4.69) is 4.98 Å². The fourth-order valence-corrected chi connectivity index (χ4v) is 3.43. The number of pyridine rings is 1. The molecule has 0 spiro atoms. The summed E-state index contributed by atoms with van der Waals surface area (Å²) in [6.07, 6.45) is 3.53. The van der Waals surface area contributed by atoms with Crippen molar-refractivity contribution < 1.29 is 0 Å². The Morgan fingerprint density at radius 3 is 2.34 bits per heavy atom. The minimum Gasteiger partial charge on any atom is -0.234 e. The molecule has 4 nitrogen and oxygen atoms in total. The first-order valence-electron chi connectivity index (χ1n) is 8.79. The maximum atomic E-state index is 6.29. The van der Waals surface area contributed by atoms with Crippen LogP contribution in [0.15, 0.2) is 82.7 Å². The number of rotatable bonds is 3. The number of para-hydroxylation sites is 1. The third-order valence-corrected chi connectivity index (χ3v) is 4.98. The molecule has 0 radical (unpaired) electrons. The van der Waals surface area contributed by atoms with Gasteiger partial charge in [0.05, 0.1) is 27.1 Å². The standard InChI is InChI=1S/C22H15Cl3N4/c1-14-21(27-22-19(25)12-17(24)13-26-22)20(11-15-7-9-16(23)10-8-15)29(28-14)18-5-3-2-4-6-18/h2-13H,1H3/b20-11-,27-21+. The van der Waals surface area contributed by atoms with E-state index < -0.39 is 0 Å². The summed E-state index contributed by atoms with van der Waals surface area (Å²) in [4.78, 5) is 8.96. The Balaban J connectivity index is 1.85. The molecule has 3 aromatic rings. The molecule has 0 atom stereocenters. The first-order valence-corrected chi connectivity index (χ1v) is 9.93. The minimum absolute atomic E-state index is 0.377. The topological polar surface area (TPSA) is 40.9 Å². The van der Waals surface area contributed by atoms with Gasteiger partial charge in [0, 0.05) is 11.2 Å². The first-order chi connectivity index (χ1) is 14.0. The molecular weight excluding hydrogens is 427 g/mol. The van der Waals surface area contributed by atoms with Crippen LogP contribution in [0.2, 0.25) is 15.1 Å². The van der Waals surface area contributed by atoms with Gasteiger partial charge < -0.3 is 0 Å². The van der Waals surface area contributed by atoms with E-state index in [9.17, 15) is 0 Å². The Morgan fingerprint density at radius 2 is 1.66 bits per heavy atom. The van der Waals surface area contributed by atoms with Gasteiger partial charge >= 0.3 is 0 Å². The second-order valence-electron chi connectivity index (χ2n) is 6.33. The van der Waals surface area contributed by atoms with Crippen LogP contribution in [0, 0.1) is 0 Å². The van der Waals surface area contributed by atoms with E-state index in [1.54, 1.807) is 6.07 Å². The lowest BCUT2D eigenvalue weighted by molar-refractivity contribution is 1.08. The highest BCUT2D eigenvalue weighted by Crippen LogP contribution is 2.31. The number of anilines is 1. The summed E-state index contributed by atoms with van der Waals surface area (Å²) in [7, 11) is 0. The van der Waals surface area contributed by atoms with E-state index in [-0.39, 0.29) is 0 Å². The van der Waals surface area contributed by atoms with Crippen molar-refractivity contribution in [2.75, 3.05) is 5.01 Å². The van der Waals surface area contributed by atoms with Crippen molar-refractivity contribution in [2.24, 2.45) is 10.1 Å². The van der Waals surface area contributed by atoms with Crippen molar-refractivity contribution in [2.45, 2.75) is 6.92 Å². The van der Waals surface area contributed by atoms with Gasteiger partial charge in [0.2, 0.25) is 0 Å². The van der Waals surface area contributed by atoms with Gasteiger partial charge in [-0.25, -0.2) is 15.0 Å². The van der Waals surface area contributed by atoms with Crippen molar-refractivity contribution in [3.63, 3.8) is 0 Å². The molecule has 1 aliphatic rings. The summed E-state index contributed by atoms with van der Waals surface area (Å²) in [5, 5.41) is 8.07. The molecule has 0 aliphatic carbocycles. The highest BCUT2D eigenvalue weighted by molar-refractivity contribution is 6.51. The van der Waals surface area contributed by atoms with Crippen molar-refractivity contribution in [1.82, 2.24) is 4.98 Å². The van der Waals surface area contributed by atoms with Gasteiger partial charge in [0.1, 0.15) is 5.71 Å². The zero-order valence-electron chi connectivity index (χ0n) is 15.4. The average molecular weight is 442 g/mol. The van der Waals surface area contributed by atoms with E-state index >= 15 is 0 Å². The van der Waals surface area contributed by atoms with Crippen LogP contribution in [0.5, 0.6) is 0 Å². The van der Waals surface area contributed by atoms with Crippen molar-refractivity contribution >= 4 is 63.8 Å². The van der Waals surface area contributed by atoms with Crippen LogP contribution in [0.1, 0.15) is 12.5 Å². The molecule has 0 saturated carbocycles. The predicted octanol–water partition coefficient (Wildman–Crippen LogP) is 7.05. The van der Waals surface area contributed by atoms with Crippen LogP contribution < -0.4 is 5.01 Å². The summed E-state index contributed by atoms with van der Waals surface area (Å²) in [6, 6.07) is 19.1. The quantitative estimate of drug-likeness (QED) is 0.437. The molecule has 0 bridgehead atoms. The van der Waals surface area contributed by atoms with Crippen LogP contribution in [0.3, 0.4) is 0 Å². The lowest BCUT2D eigenvalue weighted by Crippen LogP contribution is -2.16. The molecule has 1 aliphatic heterocycles. The van der Waals surface area contributed by atoms with Gasteiger partial charge in [-0.15, -0.1) is 0 Å². The van der Waals surface area contributed by atoms with Crippen LogP contribution in [-0.4, -0.2) is 16.4 Å². The van der Waals surface area contributed by atoms with Crippen molar-refractivity contribution in [3.8, 4) is 0 Å². The summed E-state index contributed by atoms with van der Waals surface area (Å²) in [6.45, 7) is 1.90. The van der Waals surface area contributed by atoms with E-state index in [1.807, 2.05) is 72.6 Å². The average Bonchev–Trinajstić information content (AvgIpc) is 3.02. The summed E-state index contributed by atoms with van der Waals surface area (Å²) < 4.78 is 0. The number of hydrogen-bond acceptors (Lipinski definition) is 4. The van der Waals surface area contributed by atoms with Gasteiger partial charge in [0.25, 0.3) is 0 Å². The van der Waals surface area contributed by atoms with Crippen LogP contribution >= 0.6 is 34.8 Å². The van der Waals surface area contributed by atoms with Crippen molar-refractivity contribution in [1.29, 1.82) is 0 Å².